The van der Waals surface area contributed by atoms with E-state index in [0.717, 1.165) is 34.1 Å². The molecule has 0 radical (unpaired) electrons. The fourth-order valence-corrected chi connectivity index (χ4v) is 12.3. The molecule has 0 unspecified atom stereocenters. The van der Waals surface area contributed by atoms with Crippen LogP contribution in [0.1, 0.15) is 0 Å². The molecule has 0 saturated heterocycles. The molecule has 1 aromatic heterocycles. The van der Waals surface area contributed by atoms with Gasteiger partial charge in [-0.1, -0.05) is 188 Å². The zero-order valence-electron chi connectivity index (χ0n) is 37.6. The molecule has 1 aliphatic heterocycles. The highest BCUT2D eigenvalue weighted by Crippen LogP contribution is 2.56. The minimum absolute atomic E-state index is 1.07. The highest BCUT2D eigenvalue weighted by atomic mass is 32.1. The fourth-order valence-electron chi connectivity index (χ4n) is 11.2. The number of rotatable bonds is 4. The molecule has 69 heavy (non-hydrogen) atoms. The van der Waals surface area contributed by atoms with Gasteiger partial charge >= 0.3 is 0 Å². The molecule has 1 aliphatic rings. The van der Waals surface area contributed by atoms with Crippen LogP contribution in [0.2, 0.25) is 0 Å². The molecular weight excluding hydrogens is 853 g/mol. The number of thiophene rings is 1. The van der Waals surface area contributed by atoms with E-state index in [1.54, 1.807) is 0 Å². The van der Waals surface area contributed by atoms with Crippen molar-refractivity contribution in [3.8, 4) is 22.3 Å². The third-order valence-corrected chi connectivity index (χ3v) is 15.3. The summed E-state index contributed by atoms with van der Waals surface area (Å²) in [5, 5.41) is 14.7. The van der Waals surface area contributed by atoms with Crippen molar-refractivity contribution in [1.82, 2.24) is 0 Å². The topological polar surface area (TPSA) is 6.48 Å². The standard InChI is InChI=1S/C66H42N2S/c1-3-20-43(21-4-1)67(63-36-19-34-57-51-29-12-11-28-50(51)55-32-15-17-35-62(55)68(66(57)63)44-22-5-2-6-23-44)45-38-39-54-58(40-45)52-30-13-9-26-48(52)46-24-7-8-25-47(46)49-27-10-14-31-53(49)60-42-65-61(41-59(54)60)56-33-16-18-37-64(56)69-65/h1-42H. The van der Waals surface area contributed by atoms with Gasteiger partial charge in [0.25, 0.3) is 0 Å². The highest BCUT2D eigenvalue weighted by molar-refractivity contribution is 7.25. The summed E-state index contributed by atoms with van der Waals surface area (Å²) in [6, 6.07) is 94.3. The molecule has 0 fully saturated rings. The van der Waals surface area contributed by atoms with E-state index in [9.17, 15) is 0 Å². The minimum Gasteiger partial charge on any atom is -0.308 e. The lowest BCUT2D eigenvalue weighted by atomic mass is 9.93. The van der Waals surface area contributed by atoms with Gasteiger partial charge in [0, 0.05) is 48.4 Å². The Hall–Kier alpha value is -8.76. The summed E-state index contributed by atoms with van der Waals surface area (Å²) >= 11 is 1.88. The van der Waals surface area contributed by atoms with E-state index in [2.05, 4.69) is 265 Å². The molecule has 0 spiro atoms. The molecule has 0 N–H and O–H groups in total. The van der Waals surface area contributed by atoms with Gasteiger partial charge in [-0.2, -0.15) is 0 Å². The molecule has 0 bridgehead atoms. The number of nitrogens with zero attached hydrogens (tertiary/aromatic N) is 2. The Bertz CT molecular complexity index is 4270. The summed E-state index contributed by atoms with van der Waals surface area (Å²) in [4.78, 5) is 4.96. The maximum Gasteiger partial charge on any atom is 0.0781 e. The third kappa shape index (κ3) is 6.25. The van der Waals surface area contributed by atoms with Crippen molar-refractivity contribution in [2.75, 3.05) is 9.80 Å². The van der Waals surface area contributed by atoms with Gasteiger partial charge in [-0.25, -0.2) is 0 Å². The molecule has 13 aromatic rings. The minimum atomic E-state index is 1.07. The van der Waals surface area contributed by atoms with Gasteiger partial charge in [-0.3, -0.25) is 0 Å². The number of anilines is 6. The average Bonchev–Trinajstić information content (AvgIpc) is 3.73. The Morgan fingerprint density at radius 2 is 0.754 bits per heavy atom. The van der Waals surface area contributed by atoms with Gasteiger partial charge in [-0.05, 0) is 132 Å². The van der Waals surface area contributed by atoms with Gasteiger partial charge in [-0.15, -0.1) is 11.3 Å². The van der Waals surface area contributed by atoms with Gasteiger partial charge < -0.3 is 9.80 Å². The van der Waals surface area contributed by atoms with Crippen molar-refractivity contribution >= 4 is 119 Å². The first-order valence-corrected chi connectivity index (χ1v) is 24.5. The van der Waals surface area contributed by atoms with Crippen LogP contribution in [-0.4, -0.2) is 0 Å². The molecule has 322 valence electrons. The van der Waals surface area contributed by atoms with Crippen molar-refractivity contribution < 1.29 is 0 Å². The first kappa shape index (κ1) is 39.4. The zero-order valence-corrected chi connectivity index (χ0v) is 38.4. The van der Waals surface area contributed by atoms with E-state index in [4.69, 9.17) is 0 Å². The maximum absolute atomic E-state index is 2.48. The lowest BCUT2D eigenvalue weighted by Crippen LogP contribution is -2.17. The Morgan fingerprint density at radius 1 is 0.275 bits per heavy atom. The summed E-state index contributed by atoms with van der Waals surface area (Å²) in [6.45, 7) is 0. The quantitative estimate of drug-likeness (QED) is 0.174. The van der Waals surface area contributed by atoms with Gasteiger partial charge in [0.05, 0.1) is 17.1 Å². The molecule has 12 aromatic carbocycles. The summed E-state index contributed by atoms with van der Waals surface area (Å²) in [7, 11) is 0. The van der Waals surface area contributed by atoms with Crippen LogP contribution < -0.4 is 9.80 Å². The summed E-state index contributed by atoms with van der Waals surface area (Å²) < 4.78 is 2.59. The predicted molar refractivity (Wildman–Crippen MR) is 298 cm³/mol. The summed E-state index contributed by atoms with van der Waals surface area (Å²) in [5.74, 6) is 0. The van der Waals surface area contributed by atoms with E-state index >= 15 is 0 Å². The number of para-hydroxylation sites is 4. The number of fused-ring (bicyclic) bond motifs is 18. The number of benzene rings is 11. The van der Waals surface area contributed by atoms with Crippen LogP contribution in [0.3, 0.4) is 0 Å². The van der Waals surface area contributed by atoms with Gasteiger partial charge in [0.15, 0.2) is 0 Å². The van der Waals surface area contributed by atoms with E-state index in [1.807, 2.05) is 11.3 Å². The maximum atomic E-state index is 2.48. The molecule has 3 heteroatoms. The first-order chi connectivity index (χ1) is 34.3. The second-order valence-electron chi connectivity index (χ2n) is 17.9. The number of hydrogen-bond donors (Lipinski definition) is 0. The Balaban J connectivity index is 1.16. The SMILES string of the molecule is c1ccc(N(c2ccc3c(c2)c2ccccc2c2ccccc2c2ccccc2c2cc4sc5ccccc5c4cc32)c2cccc3c2N(c2ccccc2)c2ccccc2-c2ccccc2-3)cc1. The van der Waals surface area contributed by atoms with Crippen molar-refractivity contribution in [1.29, 1.82) is 0 Å². The Kier molecular flexibility index (Phi) is 9.11. The molecule has 0 atom stereocenters. The predicted octanol–water partition coefficient (Wildman–Crippen LogP) is 19.5. The van der Waals surface area contributed by atoms with Gasteiger partial charge in [0.2, 0.25) is 0 Å². The summed E-state index contributed by atoms with van der Waals surface area (Å²) in [5.41, 5.74) is 11.4. The van der Waals surface area contributed by atoms with Crippen LogP contribution in [-0.2, 0) is 0 Å². The van der Waals surface area contributed by atoms with Crippen molar-refractivity contribution in [3.63, 3.8) is 0 Å². The van der Waals surface area contributed by atoms with Crippen LogP contribution in [0.15, 0.2) is 255 Å². The lowest BCUT2D eigenvalue weighted by molar-refractivity contribution is 1.23. The number of hydrogen-bond acceptors (Lipinski definition) is 3. The second-order valence-corrected chi connectivity index (χ2v) is 19.0. The van der Waals surface area contributed by atoms with Crippen LogP contribution in [0.5, 0.6) is 0 Å². The average molecular weight is 895 g/mol. The molecule has 2 heterocycles. The fraction of sp³-hybridized carbons (Fsp3) is 0. The molecule has 0 amide bonds. The van der Waals surface area contributed by atoms with E-state index < -0.39 is 0 Å². The summed E-state index contributed by atoms with van der Waals surface area (Å²) in [6.07, 6.45) is 0. The van der Waals surface area contributed by atoms with E-state index in [1.165, 1.54) is 96.3 Å². The molecular formula is C66H42N2S. The molecule has 14 rings (SSSR count). The molecule has 0 saturated carbocycles. The highest BCUT2D eigenvalue weighted by Gasteiger charge is 2.30. The van der Waals surface area contributed by atoms with Crippen molar-refractivity contribution in [3.05, 3.63) is 255 Å². The van der Waals surface area contributed by atoms with Crippen LogP contribution in [0.25, 0.3) is 96.3 Å². The van der Waals surface area contributed by atoms with E-state index in [-0.39, 0.29) is 0 Å². The van der Waals surface area contributed by atoms with E-state index in [0.29, 0.717) is 0 Å². The zero-order chi connectivity index (χ0) is 45.4. The van der Waals surface area contributed by atoms with Crippen LogP contribution >= 0.6 is 11.3 Å². The second kappa shape index (κ2) is 16.0. The van der Waals surface area contributed by atoms with Crippen LogP contribution in [0, 0.1) is 0 Å². The van der Waals surface area contributed by atoms with Crippen molar-refractivity contribution in [2.24, 2.45) is 0 Å². The molecule has 0 aliphatic carbocycles. The molecule has 2 nitrogen and oxygen atoms in total. The van der Waals surface area contributed by atoms with Crippen LogP contribution in [0.4, 0.5) is 34.1 Å². The smallest absolute Gasteiger partial charge is 0.0781 e. The largest absolute Gasteiger partial charge is 0.308 e. The monoisotopic (exact) mass is 894 g/mol. The first-order valence-electron chi connectivity index (χ1n) is 23.7. The normalized spacial score (nSPS) is 12.0. The Morgan fingerprint density at radius 3 is 1.42 bits per heavy atom. The third-order valence-electron chi connectivity index (χ3n) is 14.2. The van der Waals surface area contributed by atoms with Gasteiger partial charge in [0.1, 0.15) is 0 Å². The lowest BCUT2D eigenvalue weighted by Gasteiger charge is -2.34. The van der Waals surface area contributed by atoms with Crippen molar-refractivity contribution in [2.45, 2.75) is 0 Å². The Labute approximate surface area is 404 Å².